The lowest BCUT2D eigenvalue weighted by Gasteiger charge is -2.04. The zero-order chi connectivity index (χ0) is 12.3. The minimum Gasteiger partial charge on any atom is -0.494 e. The first-order valence-corrected chi connectivity index (χ1v) is 5.19. The van der Waals surface area contributed by atoms with Crippen LogP contribution in [0.3, 0.4) is 0 Å². The number of nitrogen functional groups attached to an aromatic ring is 2. The second kappa shape index (κ2) is 4.65. The van der Waals surface area contributed by atoms with E-state index in [1.54, 1.807) is 0 Å². The number of nitrogens with two attached hydrogens (primary N) is 2. The Hall–Kier alpha value is -2.37. The van der Waals surface area contributed by atoms with Crippen LogP contribution in [-0.2, 0) is 0 Å². The first-order chi connectivity index (χ1) is 8.19. The third-order valence-electron chi connectivity index (χ3n) is 2.09. The largest absolute Gasteiger partial charge is 0.494 e. The summed E-state index contributed by atoms with van der Waals surface area (Å²) >= 11 is 0. The summed E-state index contributed by atoms with van der Waals surface area (Å²) in [4.78, 5) is 11.7. The Labute approximate surface area is 98.7 Å². The van der Waals surface area contributed by atoms with E-state index in [4.69, 9.17) is 16.2 Å². The van der Waals surface area contributed by atoms with Crippen LogP contribution in [0, 0.1) is 0 Å². The lowest BCUT2D eigenvalue weighted by Crippen LogP contribution is -2.04. The SMILES string of the molecule is CCOc1ccc(-c2nc(N)nc(N)n2)cc1. The molecule has 0 fully saturated rings. The molecule has 2 aromatic rings. The molecular formula is C11H13N5O. The molecule has 0 aliphatic carbocycles. The van der Waals surface area contributed by atoms with E-state index in [1.165, 1.54) is 0 Å². The highest BCUT2D eigenvalue weighted by molar-refractivity contribution is 5.58. The van der Waals surface area contributed by atoms with Crippen LogP contribution >= 0.6 is 0 Å². The molecule has 0 aliphatic heterocycles. The fourth-order valence-electron chi connectivity index (χ4n) is 1.41. The molecule has 0 aliphatic rings. The van der Waals surface area contributed by atoms with E-state index < -0.39 is 0 Å². The van der Waals surface area contributed by atoms with Crippen molar-refractivity contribution in [1.82, 2.24) is 15.0 Å². The highest BCUT2D eigenvalue weighted by Gasteiger charge is 2.04. The number of aromatic nitrogens is 3. The molecule has 2 rings (SSSR count). The fraction of sp³-hybridized carbons (Fsp3) is 0.182. The molecule has 0 radical (unpaired) electrons. The van der Waals surface area contributed by atoms with Gasteiger partial charge in [0.2, 0.25) is 11.9 Å². The summed E-state index contributed by atoms with van der Waals surface area (Å²) < 4.78 is 5.34. The van der Waals surface area contributed by atoms with E-state index in [2.05, 4.69) is 15.0 Å². The Morgan fingerprint density at radius 1 is 1.00 bits per heavy atom. The highest BCUT2D eigenvalue weighted by atomic mass is 16.5. The molecule has 0 spiro atoms. The molecule has 0 saturated heterocycles. The van der Waals surface area contributed by atoms with Crippen LogP contribution in [0.2, 0.25) is 0 Å². The molecule has 0 bridgehead atoms. The van der Waals surface area contributed by atoms with Gasteiger partial charge in [-0.1, -0.05) is 0 Å². The summed E-state index contributed by atoms with van der Waals surface area (Å²) in [7, 11) is 0. The molecule has 1 aromatic heterocycles. The Balaban J connectivity index is 2.32. The van der Waals surface area contributed by atoms with Crippen LogP contribution in [0.15, 0.2) is 24.3 Å². The van der Waals surface area contributed by atoms with E-state index in [9.17, 15) is 0 Å². The van der Waals surface area contributed by atoms with Crippen molar-refractivity contribution in [3.8, 4) is 17.1 Å². The quantitative estimate of drug-likeness (QED) is 0.820. The van der Waals surface area contributed by atoms with Crippen molar-refractivity contribution in [2.75, 3.05) is 18.1 Å². The maximum absolute atomic E-state index is 5.51. The Bertz CT molecular complexity index is 492. The lowest BCUT2D eigenvalue weighted by atomic mass is 10.2. The molecule has 1 aromatic carbocycles. The van der Waals surface area contributed by atoms with Crippen LogP contribution in [0.4, 0.5) is 11.9 Å². The second-order valence-electron chi connectivity index (χ2n) is 3.33. The summed E-state index contributed by atoms with van der Waals surface area (Å²) in [6.07, 6.45) is 0. The number of hydrogen-bond acceptors (Lipinski definition) is 6. The third-order valence-corrected chi connectivity index (χ3v) is 2.09. The zero-order valence-corrected chi connectivity index (χ0v) is 9.42. The Morgan fingerprint density at radius 2 is 1.59 bits per heavy atom. The van der Waals surface area contributed by atoms with E-state index in [1.807, 2.05) is 31.2 Å². The average Bonchev–Trinajstić information content (AvgIpc) is 2.29. The molecule has 0 saturated carbocycles. The predicted molar refractivity (Wildman–Crippen MR) is 65.3 cm³/mol. The van der Waals surface area contributed by atoms with Gasteiger partial charge in [0.15, 0.2) is 5.82 Å². The summed E-state index contributed by atoms with van der Waals surface area (Å²) in [6.45, 7) is 2.56. The molecule has 0 unspecified atom stereocenters. The topological polar surface area (TPSA) is 99.9 Å². The highest BCUT2D eigenvalue weighted by Crippen LogP contribution is 2.20. The van der Waals surface area contributed by atoms with Gasteiger partial charge in [-0.3, -0.25) is 0 Å². The Kier molecular flexibility index (Phi) is 3.04. The van der Waals surface area contributed by atoms with Gasteiger partial charge in [-0.15, -0.1) is 0 Å². The van der Waals surface area contributed by atoms with Crippen molar-refractivity contribution in [3.05, 3.63) is 24.3 Å². The zero-order valence-electron chi connectivity index (χ0n) is 9.42. The van der Waals surface area contributed by atoms with Crippen LogP contribution in [0.1, 0.15) is 6.92 Å². The molecule has 0 atom stereocenters. The van der Waals surface area contributed by atoms with Crippen LogP contribution < -0.4 is 16.2 Å². The average molecular weight is 231 g/mol. The maximum Gasteiger partial charge on any atom is 0.225 e. The van der Waals surface area contributed by atoms with E-state index in [0.717, 1.165) is 11.3 Å². The van der Waals surface area contributed by atoms with Crippen molar-refractivity contribution in [2.24, 2.45) is 0 Å². The van der Waals surface area contributed by atoms with Crippen LogP contribution in [-0.4, -0.2) is 21.6 Å². The van der Waals surface area contributed by atoms with Gasteiger partial charge in [0.05, 0.1) is 6.61 Å². The first-order valence-electron chi connectivity index (χ1n) is 5.19. The lowest BCUT2D eigenvalue weighted by molar-refractivity contribution is 0.340. The van der Waals surface area contributed by atoms with Gasteiger partial charge in [-0.25, -0.2) is 0 Å². The smallest absolute Gasteiger partial charge is 0.225 e. The third kappa shape index (κ3) is 2.60. The van der Waals surface area contributed by atoms with Gasteiger partial charge < -0.3 is 16.2 Å². The molecule has 6 heteroatoms. The molecular weight excluding hydrogens is 218 g/mol. The van der Waals surface area contributed by atoms with Crippen molar-refractivity contribution >= 4 is 11.9 Å². The summed E-state index contributed by atoms with van der Waals surface area (Å²) in [5.41, 5.74) is 11.8. The molecule has 88 valence electrons. The van der Waals surface area contributed by atoms with E-state index in [0.29, 0.717) is 12.4 Å². The predicted octanol–water partition coefficient (Wildman–Crippen LogP) is 1.10. The van der Waals surface area contributed by atoms with Gasteiger partial charge in [-0.2, -0.15) is 15.0 Å². The normalized spacial score (nSPS) is 10.2. The summed E-state index contributed by atoms with van der Waals surface area (Å²) in [6, 6.07) is 7.38. The monoisotopic (exact) mass is 231 g/mol. The first kappa shape index (κ1) is 11.1. The maximum atomic E-state index is 5.51. The van der Waals surface area contributed by atoms with Crippen molar-refractivity contribution in [1.29, 1.82) is 0 Å². The number of nitrogens with zero attached hydrogens (tertiary/aromatic N) is 3. The number of ether oxygens (including phenoxy) is 1. The van der Waals surface area contributed by atoms with Gasteiger partial charge in [0.1, 0.15) is 5.75 Å². The van der Waals surface area contributed by atoms with Gasteiger partial charge in [0.25, 0.3) is 0 Å². The minimum absolute atomic E-state index is 0.112. The van der Waals surface area contributed by atoms with Gasteiger partial charge in [0, 0.05) is 5.56 Å². The molecule has 6 nitrogen and oxygen atoms in total. The number of hydrogen-bond donors (Lipinski definition) is 2. The van der Waals surface area contributed by atoms with Crippen molar-refractivity contribution in [3.63, 3.8) is 0 Å². The standard InChI is InChI=1S/C11H13N5O/c1-2-17-8-5-3-7(4-6-8)9-14-10(12)16-11(13)15-9/h3-6H,2H2,1H3,(H4,12,13,14,15,16). The number of rotatable bonds is 3. The molecule has 1 heterocycles. The van der Waals surface area contributed by atoms with E-state index >= 15 is 0 Å². The van der Waals surface area contributed by atoms with Crippen LogP contribution in [0.25, 0.3) is 11.4 Å². The van der Waals surface area contributed by atoms with Crippen molar-refractivity contribution < 1.29 is 4.74 Å². The van der Waals surface area contributed by atoms with Gasteiger partial charge >= 0.3 is 0 Å². The molecule has 4 N–H and O–H groups in total. The number of benzene rings is 1. The summed E-state index contributed by atoms with van der Waals surface area (Å²) in [5.74, 6) is 1.48. The second-order valence-corrected chi connectivity index (χ2v) is 3.33. The van der Waals surface area contributed by atoms with Gasteiger partial charge in [-0.05, 0) is 31.2 Å². The molecule has 17 heavy (non-hydrogen) atoms. The summed E-state index contributed by atoms with van der Waals surface area (Å²) in [5, 5.41) is 0. The van der Waals surface area contributed by atoms with Crippen LogP contribution in [0.5, 0.6) is 5.75 Å². The molecule has 0 amide bonds. The van der Waals surface area contributed by atoms with Crippen molar-refractivity contribution in [2.45, 2.75) is 6.92 Å². The fourth-order valence-corrected chi connectivity index (χ4v) is 1.41. The van der Waals surface area contributed by atoms with E-state index in [-0.39, 0.29) is 11.9 Å². The number of anilines is 2. The Morgan fingerprint density at radius 3 is 2.12 bits per heavy atom. The minimum atomic E-state index is 0.112.